The Bertz CT molecular complexity index is 839. The second-order valence-corrected chi connectivity index (χ2v) is 6.26. The van der Waals surface area contributed by atoms with E-state index in [2.05, 4.69) is 38.1 Å². The third-order valence-electron chi connectivity index (χ3n) is 4.53. The van der Waals surface area contributed by atoms with Gasteiger partial charge in [-0.1, -0.05) is 0 Å². The van der Waals surface area contributed by atoms with E-state index in [1.807, 2.05) is 19.2 Å². The Morgan fingerprint density at radius 3 is 3.04 bits per heavy atom. The summed E-state index contributed by atoms with van der Waals surface area (Å²) in [7, 11) is 1.69. The van der Waals surface area contributed by atoms with Crippen LogP contribution in [0.2, 0.25) is 0 Å². The van der Waals surface area contributed by atoms with Gasteiger partial charge >= 0.3 is 0 Å². The van der Waals surface area contributed by atoms with Crippen LogP contribution in [0.3, 0.4) is 0 Å². The van der Waals surface area contributed by atoms with Crippen LogP contribution >= 0.6 is 0 Å². The number of ether oxygens (including phenoxy) is 2. The van der Waals surface area contributed by atoms with Crippen molar-refractivity contribution in [3.8, 4) is 5.75 Å². The first kappa shape index (κ1) is 15.2. The van der Waals surface area contributed by atoms with Crippen molar-refractivity contribution >= 4 is 10.9 Å². The summed E-state index contributed by atoms with van der Waals surface area (Å²) in [5.41, 5.74) is 3.39. The number of morpholine rings is 1. The van der Waals surface area contributed by atoms with Crippen molar-refractivity contribution in [1.29, 1.82) is 0 Å². The summed E-state index contributed by atoms with van der Waals surface area (Å²) in [6, 6.07) is 8.45. The number of hydrogen-bond donors (Lipinski definition) is 2. The fraction of sp³-hybridized carbons (Fsp3) is 0.389. The van der Waals surface area contributed by atoms with Crippen LogP contribution < -0.4 is 4.74 Å². The highest BCUT2D eigenvalue weighted by Gasteiger charge is 2.27. The Labute approximate surface area is 140 Å². The lowest BCUT2D eigenvalue weighted by molar-refractivity contribution is -0.0161. The van der Waals surface area contributed by atoms with Gasteiger partial charge in [0.2, 0.25) is 0 Å². The van der Waals surface area contributed by atoms with Crippen molar-refractivity contribution in [2.75, 3.05) is 26.9 Å². The molecule has 0 bridgehead atoms. The predicted octanol–water partition coefficient (Wildman–Crippen LogP) is 2.78. The van der Waals surface area contributed by atoms with E-state index in [0.29, 0.717) is 6.61 Å². The van der Waals surface area contributed by atoms with Crippen molar-refractivity contribution in [3.63, 3.8) is 0 Å². The summed E-state index contributed by atoms with van der Waals surface area (Å²) in [5.74, 6) is 1.85. The summed E-state index contributed by atoms with van der Waals surface area (Å²) < 4.78 is 11.0. The summed E-state index contributed by atoms with van der Waals surface area (Å²) in [4.78, 5) is 13.7. The molecule has 1 atom stereocenters. The molecule has 0 amide bonds. The van der Waals surface area contributed by atoms with Gasteiger partial charge in [-0.25, -0.2) is 4.98 Å². The van der Waals surface area contributed by atoms with Gasteiger partial charge in [0.25, 0.3) is 0 Å². The average molecular weight is 326 g/mol. The quantitative estimate of drug-likeness (QED) is 0.774. The maximum Gasteiger partial charge on any atom is 0.126 e. The summed E-state index contributed by atoms with van der Waals surface area (Å²) >= 11 is 0. The van der Waals surface area contributed by atoms with Gasteiger partial charge in [0, 0.05) is 41.6 Å². The molecule has 1 aliphatic rings. The van der Waals surface area contributed by atoms with Crippen molar-refractivity contribution in [2.45, 2.75) is 19.5 Å². The summed E-state index contributed by atoms with van der Waals surface area (Å²) in [6.45, 7) is 5.18. The van der Waals surface area contributed by atoms with Gasteiger partial charge in [-0.15, -0.1) is 0 Å². The van der Waals surface area contributed by atoms with Crippen molar-refractivity contribution in [1.82, 2.24) is 19.9 Å². The number of imidazole rings is 1. The van der Waals surface area contributed by atoms with Crippen LogP contribution in [0, 0.1) is 6.92 Å². The number of aromatic nitrogens is 3. The Balaban J connectivity index is 1.58. The highest BCUT2D eigenvalue weighted by Crippen LogP contribution is 2.26. The van der Waals surface area contributed by atoms with E-state index in [1.54, 1.807) is 7.11 Å². The van der Waals surface area contributed by atoms with Crippen molar-refractivity contribution in [3.05, 3.63) is 47.7 Å². The topological polar surface area (TPSA) is 66.2 Å². The van der Waals surface area contributed by atoms with Gasteiger partial charge in [-0.05, 0) is 31.2 Å². The number of nitrogens with one attached hydrogen (secondary N) is 2. The highest BCUT2D eigenvalue weighted by atomic mass is 16.5. The van der Waals surface area contributed by atoms with Crippen LogP contribution in [0.4, 0.5) is 0 Å². The smallest absolute Gasteiger partial charge is 0.126 e. The standard InChI is InChI=1S/C18H22N4O2/c1-12-9-19-18(20-12)17-11-24-6-5-22(17)10-14-7-13-8-15(23-2)3-4-16(13)21-14/h3-4,7-9,17,21H,5-6,10-11H2,1-2H3,(H,19,20)/t17-/m1/s1. The molecular weight excluding hydrogens is 304 g/mol. The summed E-state index contributed by atoms with van der Waals surface area (Å²) in [6.07, 6.45) is 1.87. The zero-order valence-electron chi connectivity index (χ0n) is 14.0. The Kier molecular flexibility index (Phi) is 4.00. The lowest BCUT2D eigenvalue weighted by atomic mass is 10.2. The molecule has 1 fully saturated rings. The van der Waals surface area contributed by atoms with Crippen LogP contribution in [0.15, 0.2) is 30.5 Å². The minimum absolute atomic E-state index is 0.161. The molecule has 2 aromatic heterocycles. The molecule has 1 saturated heterocycles. The van der Waals surface area contributed by atoms with Gasteiger partial charge in [0.15, 0.2) is 0 Å². The van der Waals surface area contributed by atoms with Crippen LogP contribution in [0.25, 0.3) is 10.9 Å². The number of H-pyrrole nitrogens is 2. The predicted molar refractivity (Wildman–Crippen MR) is 92.1 cm³/mol. The van der Waals surface area contributed by atoms with Gasteiger partial charge in [-0.3, -0.25) is 4.90 Å². The second kappa shape index (κ2) is 6.30. The molecule has 6 heteroatoms. The van der Waals surface area contributed by atoms with Crippen LogP contribution in [0.5, 0.6) is 5.75 Å². The Morgan fingerprint density at radius 2 is 2.25 bits per heavy atom. The molecule has 0 aliphatic carbocycles. The van der Waals surface area contributed by atoms with E-state index < -0.39 is 0 Å². The molecule has 3 heterocycles. The average Bonchev–Trinajstić information content (AvgIpc) is 3.20. The number of aromatic amines is 2. The molecular formula is C18H22N4O2. The second-order valence-electron chi connectivity index (χ2n) is 6.26. The largest absolute Gasteiger partial charge is 0.497 e. The van der Waals surface area contributed by atoms with Gasteiger partial charge in [0.05, 0.1) is 26.4 Å². The number of fused-ring (bicyclic) bond motifs is 1. The Morgan fingerprint density at radius 1 is 1.33 bits per heavy atom. The third-order valence-corrected chi connectivity index (χ3v) is 4.53. The first-order valence-electron chi connectivity index (χ1n) is 8.22. The number of aryl methyl sites for hydroxylation is 1. The molecule has 1 aromatic carbocycles. The zero-order chi connectivity index (χ0) is 16.5. The SMILES string of the molecule is COc1ccc2[nH]c(CN3CCOC[C@@H]3c3ncc(C)[nH]3)cc2c1. The Hall–Kier alpha value is -2.31. The monoisotopic (exact) mass is 326 g/mol. The number of nitrogens with zero attached hydrogens (tertiary/aromatic N) is 2. The molecule has 24 heavy (non-hydrogen) atoms. The zero-order valence-corrected chi connectivity index (χ0v) is 14.0. The number of rotatable bonds is 4. The van der Waals surface area contributed by atoms with E-state index in [1.165, 1.54) is 11.1 Å². The lowest BCUT2D eigenvalue weighted by Crippen LogP contribution is -2.39. The molecule has 1 aliphatic heterocycles. The molecule has 4 rings (SSSR count). The lowest BCUT2D eigenvalue weighted by Gasteiger charge is -2.34. The summed E-state index contributed by atoms with van der Waals surface area (Å²) in [5, 5.41) is 1.17. The van der Waals surface area contributed by atoms with E-state index in [-0.39, 0.29) is 6.04 Å². The first-order valence-corrected chi connectivity index (χ1v) is 8.22. The molecule has 0 spiro atoms. The fourth-order valence-corrected chi connectivity index (χ4v) is 3.28. The normalized spacial score (nSPS) is 19.0. The molecule has 0 saturated carbocycles. The molecule has 0 unspecified atom stereocenters. The molecule has 0 radical (unpaired) electrons. The van der Waals surface area contributed by atoms with Gasteiger partial charge < -0.3 is 19.4 Å². The third kappa shape index (κ3) is 2.90. The van der Waals surface area contributed by atoms with Gasteiger partial charge in [-0.2, -0.15) is 0 Å². The minimum atomic E-state index is 0.161. The highest BCUT2D eigenvalue weighted by molar-refractivity contribution is 5.81. The fourth-order valence-electron chi connectivity index (χ4n) is 3.28. The van der Waals surface area contributed by atoms with E-state index in [0.717, 1.165) is 42.5 Å². The van der Waals surface area contributed by atoms with Crippen molar-refractivity contribution < 1.29 is 9.47 Å². The molecule has 2 N–H and O–H groups in total. The van der Waals surface area contributed by atoms with Crippen LogP contribution in [-0.4, -0.2) is 46.7 Å². The maximum absolute atomic E-state index is 5.67. The minimum Gasteiger partial charge on any atom is -0.497 e. The number of benzene rings is 1. The van der Waals surface area contributed by atoms with E-state index >= 15 is 0 Å². The molecule has 6 nitrogen and oxygen atoms in total. The van der Waals surface area contributed by atoms with Crippen LogP contribution in [0.1, 0.15) is 23.3 Å². The van der Waals surface area contributed by atoms with Gasteiger partial charge in [0.1, 0.15) is 11.6 Å². The molecule has 126 valence electrons. The van der Waals surface area contributed by atoms with Crippen molar-refractivity contribution in [2.24, 2.45) is 0 Å². The maximum atomic E-state index is 5.67. The molecule has 3 aromatic rings. The van der Waals surface area contributed by atoms with Crippen LogP contribution in [-0.2, 0) is 11.3 Å². The number of methoxy groups -OCH3 is 1. The van der Waals surface area contributed by atoms with E-state index in [4.69, 9.17) is 9.47 Å². The van der Waals surface area contributed by atoms with E-state index in [9.17, 15) is 0 Å². The number of hydrogen-bond acceptors (Lipinski definition) is 4. The first-order chi connectivity index (χ1) is 11.7.